The predicted molar refractivity (Wildman–Crippen MR) is 164 cm³/mol. The molecule has 226 valence electrons. The van der Waals surface area contributed by atoms with Crippen LogP contribution in [0.3, 0.4) is 0 Å². The molecule has 3 N–H and O–H groups in total. The van der Waals surface area contributed by atoms with Gasteiger partial charge in [-0.3, -0.25) is 4.79 Å². The molecule has 9 nitrogen and oxygen atoms in total. The van der Waals surface area contributed by atoms with Crippen molar-refractivity contribution in [3.63, 3.8) is 0 Å². The molecule has 0 aliphatic heterocycles. The van der Waals surface area contributed by atoms with Crippen molar-refractivity contribution in [1.82, 2.24) is 15.5 Å². The zero-order valence-corrected chi connectivity index (χ0v) is 24.8. The fraction of sp³-hybridized carbons (Fsp3) is 0.333. The van der Waals surface area contributed by atoms with Crippen LogP contribution in [0.25, 0.3) is 0 Å². The van der Waals surface area contributed by atoms with Crippen molar-refractivity contribution in [1.29, 1.82) is 0 Å². The molecule has 0 radical (unpaired) electrons. The second-order valence-electron chi connectivity index (χ2n) is 10.5. The van der Waals surface area contributed by atoms with E-state index >= 15 is 0 Å². The maximum absolute atomic E-state index is 13.4. The van der Waals surface area contributed by atoms with Crippen LogP contribution in [0.2, 0.25) is 0 Å². The predicted octanol–water partition coefficient (Wildman–Crippen LogP) is 5.80. The van der Waals surface area contributed by atoms with Crippen molar-refractivity contribution in [2.24, 2.45) is 5.73 Å². The SMILES string of the molecule is Cl.NCCCCC(NC(=O)OCc1ccccc1)C(=O)c1noc(C2(c3ccc(OCCc4ccccc4)cc3)CC2)n1. The highest BCUT2D eigenvalue weighted by molar-refractivity contribution is 5.98. The van der Waals surface area contributed by atoms with Gasteiger partial charge in [-0.2, -0.15) is 4.98 Å². The summed E-state index contributed by atoms with van der Waals surface area (Å²) >= 11 is 0. The lowest BCUT2D eigenvalue weighted by Gasteiger charge is -2.16. The number of nitrogens with one attached hydrogen (secondary N) is 1. The van der Waals surface area contributed by atoms with Crippen molar-refractivity contribution >= 4 is 24.3 Å². The number of hydrogen-bond acceptors (Lipinski definition) is 8. The van der Waals surface area contributed by atoms with E-state index in [0.29, 0.717) is 31.9 Å². The van der Waals surface area contributed by atoms with E-state index in [9.17, 15) is 9.59 Å². The molecule has 1 aliphatic carbocycles. The highest BCUT2D eigenvalue weighted by atomic mass is 35.5. The molecule has 1 unspecified atom stereocenters. The molecule has 1 atom stereocenters. The minimum atomic E-state index is -0.854. The second kappa shape index (κ2) is 15.3. The summed E-state index contributed by atoms with van der Waals surface area (Å²) in [5.74, 6) is 0.711. The minimum absolute atomic E-state index is 0. The van der Waals surface area contributed by atoms with Gasteiger partial charge in [0.2, 0.25) is 17.5 Å². The van der Waals surface area contributed by atoms with E-state index in [1.54, 1.807) is 0 Å². The molecule has 1 saturated carbocycles. The molecule has 1 aliphatic rings. The van der Waals surface area contributed by atoms with Crippen LogP contribution in [-0.4, -0.2) is 41.2 Å². The maximum Gasteiger partial charge on any atom is 0.408 e. The molecule has 5 rings (SSSR count). The Morgan fingerprint density at radius 3 is 2.26 bits per heavy atom. The zero-order valence-electron chi connectivity index (χ0n) is 23.9. The Kier molecular flexibility index (Phi) is 11.3. The van der Waals surface area contributed by atoms with E-state index in [0.717, 1.165) is 42.6 Å². The first-order valence-electron chi connectivity index (χ1n) is 14.4. The third kappa shape index (κ3) is 8.43. The van der Waals surface area contributed by atoms with Crippen molar-refractivity contribution in [3.05, 3.63) is 113 Å². The topological polar surface area (TPSA) is 130 Å². The molecule has 1 amide bonds. The molecule has 10 heteroatoms. The van der Waals surface area contributed by atoms with Gasteiger partial charge in [0, 0.05) is 6.42 Å². The lowest BCUT2D eigenvalue weighted by molar-refractivity contribution is 0.0896. The molecule has 4 aromatic rings. The number of unbranched alkanes of at least 4 members (excludes halogenated alkanes) is 1. The molecular weight excluding hydrogens is 568 g/mol. The molecule has 43 heavy (non-hydrogen) atoms. The van der Waals surface area contributed by atoms with Gasteiger partial charge in [0.25, 0.3) is 0 Å². The first-order chi connectivity index (χ1) is 20.6. The van der Waals surface area contributed by atoms with E-state index in [2.05, 4.69) is 27.6 Å². The number of halogens is 1. The number of rotatable bonds is 15. The molecular formula is C33H37ClN4O5. The Bertz CT molecular complexity index is 1440. The average molecular weight is 605 g/mol. The first-order valence-corrected chi connectivity index (χ1v) is 14.4. The van der Waals surface area contributed by atoms with Crippen LogP contribution in [0.15, 0.2) is 89.5 Å². The molecule has 0 bridgehead atoms. The average Bonchev–Trinajstić information content (AvgIpc) is 3.69. The number of alkyl carbamates (subject to hydrolysis) is 1. The second-order valence-corrected chi connectivity index (χ2v) is 10.5. The number of ether oxygens (including phenoxy) is 2. The van der Waals surface area contributed by atoms with Gasteiger partial charge in [-0.25, -0.2) is 4.79 Å². The van der Waals surface area contributed by atoms with E-state index in [-0.39, 0.29) is 24.8 Å². The number of ketones is 1. The van der Waals surface area contributed by atoms with Crippen molar-refractivity contribution in [3.8, 4) is 5.75 Å². The molecule has 0 saturated heterocycles. The minimum Gasteiger partial charge on any atom is -0.493 e. The van der Waals surface area contributed by atoms with Crippen LogP contribution in [0, 0.1) is 0 Å². The summed E-state index contributed by atoms with van der Waals surface area (Å²) in [6, 6.07) is 26.6. The van der Waals surface area contributed by atoms with E-state index in [1.807, 2.05) is 72.8 Å². The van der Waals surface area contributed by atoms with Gasteiger partial charge in [0.15, 0.2) is 0 Å². The van der Waals surface area contributed by atoms with Crippen LogP contribution in [-0.2, 0) is 23.2 Å². The standard InChI is InChI=1S/C33H36N4O5.ClH/c34-21-8-7-13-28(35-32(39)41-23-25-11-5-2-6-12-25)29(38)30-36-31(42-37-30)33(19-20-33)26-14-16-27(17-15-26)40-22-18-24-9-3-1-4-10-24;/h1-6,9-12,14-17,28H,7-8,13,18-23,34H2,(H,35,39);1H. The monoisotopic (exact) mass is 604 g/mol. The largest absolute Gasteiger partial charge is 0.493 e. The molecule has 1 heterocycles. The third-order valence-electron chi connectivity index (χ3n) is 7.48. The van der Waals surface area contributed by atoms with Gasteiger partial charge in [-0.05, 0) is 67.5 Å². The van der Waals surface area contributed by atoms with Crippen LogP contribution in [0.4, 0.5) is 4.79 Å². The maximum atomic E-state index is 13.4. The third-order valence-corrected chi connectivity index (χ3v) is 7.48. The van der Waals surface area contributed by atoms with Crippen LogP contribution in [0.1, 0.15) is 65.3 Å². The van der Waals surface area contributed by atoms with Gasteiger partial charge >= 0.3 is 6.09 Å². The van der Waals surface area contributed by atoms with Gasteiger partial charge in [0.1, 0.15) is 12.4 Å². The summed E-state index contributed by atoms with van der Waals surface area (Å²) in [5.41, 5.74) is 8.33. The van der Waals surface area contributed by atoms with Gasteiger partial charge in [-0.15, -0.1) is 12.4 Å². The Morgan fingerprint density at radius 1 is 0.930 bits per heavy atom. The van der Waals surface area contributed by atoms with Gasteiger partial charge in [-0.1, -0.05) is 78.0 Å². The number of carbonyl (C=O) groups excluding carboxylic acids is 2. The van der Waals surface area contributed by atoms with Crippen LogP contribution >= 0.6 is 12.4 Å². The zero-order chi connectivity index (χ0) is 29.2. The van der Waals surface area contributed by atoms with Crippen molar-refractivity contribution < 1.29 is 23.6 Å². The number of carbonyl (C=O) groups is 2. The number of Topliss-reactive ketones (excluding diaryl/α,β-unsaturated/α-hetero) is 1. The van der Waals surface area contributed by atoms with Gasteiger partial charge in [0.05, 0.1) is 18.1 Å². The Balaban J connectivity index is 0.00000423. The first kappa shape index (κ1) is 31.7. The number of aromatic nitrogens is 2. The van der Waals surface area contributed by atoms with Crippen LogP contribution < -0.4 is 15.8 Å². The summed E-state index contributed by atoms with van der Waals surface area (Å²) in [6.07, 6.45) is 3.58. The lowest BCUT2D eigenvalue weighted by atomic mass is 9.96. The smallest absolute Gasteiger partial charge is 0.408 e. The summed E-state index contributed by atoms with van der Waals surface area (Å²) in [7, 11) is 0. The Labute approximate surface area is 257 Å². The fourth-order valence-electron chi connectivity index (χ4n) is 4.90. The summed E-state index contributed by atoms with van der Waals surface area (Å²) in [5, 5.41) is 6.69. The van der Waals surface area contributed by atoms with E-state index in [4.69, 9.17) is 19.7 Å². The Hall–Kier alpha value is -4.21. The Morgan fingerprint density at radius 2 is 1.60 bits per heavy atom. The number of amides is 1. The summed E-state index contributed by atoms with van der Waals surface area (Å²) in [6.45, 7) is 1.18. The fourth-order valence-corrected chi connectivity index (χ4v) is 4.90. The number of hydrogen-bond donors (Lipinski definition) is 2. The number of nitrogens with zero attached hydrogens (tertiary/aromatic N) is 2. The van der Waals surface area contributed by atoms with Crippen molar-refractivity contribution in [2.75, 3.05) is 13.2 Å². The number of nitrogens with two attached hydrogens (primary N) is 1. The van der Waals surface area contributed by atoms with Crippen molar-refractivity contribution in [2.45, 2.75) is 56.6 Å². The van der Waals surface area contributed by atoms with Gasteiger partial charge < -0.3 is 25.0 Å². The van der Waals surface area contributed by atoms with E-state index in [1.165, 1.54) is 5.56 Å². The molecule has 0 spiro atoms. The summed E-state index contributed by atoms with van der Waals surface area (Å²) in [4.78, 5) is 30.4. The summed E-state index contributed by atoms with van der Waals surface area (Å²) < 4.78 is 16.9. The normalized spacial score (nSPS) is 13.8. The quantitative estimate of drug-likeness (QED) is 0.129. The highest BCUT2D eigenvalue weighted by Gasteiger charge is 2.51. The van der Waals surface area contributed by atoms with E-state index < -0.39 is 23.3 Å². The lowest BCUT2D eigenvalue weighted by Crippen LogP contribution is -2.41. The highest BCUT2D eigenvalue weighted by Crippen LogP contribution is 2.53. The molecule has 3 aromatic carbocycles. The number of benzene rings is 3. The van der Waals surface area contributed by atoms with Crippen LogP contribution in [0.5, 0.6) is 5.75 Å². The molecule has 1 fully saturated rings. The molecule has 1 aromatic heterocycles.